The van der Waals surface area contributed by atoms with Gasteiger partial charge < -0.3 is 9.64 Å². The topological polar surface area (TPSA) is 78.9 Å². The fourth-order valence-electron chi connectivity index (χ4n) is 4.19. The average molecular weight is 360 g/mol. The van der Waals surface area contributed by atoms with Crippen LogP contribution in [0.15, 0.2) is 30.3 Å². The van der Waals surface area contributed by atoms with Gasteiger partial charge in [0, 0.05) is 19.0 Å². The quantitative estimate of drug-likeness (QED) is 0.604. The number of benzene rings is 1. The molecule has 0 unspecified atom stereocenters. The van der Waals surface area contributed by atoms with E-state index in [4.69, 9.17) is 9.94 Å². The molecule has 142 valence electrons. The number of hydrogen-bond acceptors (Lipinski definition) is 4. The lowest BCUT2D eigenvalue weighted by Gasteiger charge is -2.34. The predicted molar refractivity (Wildman–Crippen MR) is 96.6 cm³/mol. The molecule has 0 spiro atoms. The number of piperidine rings is 1. The fraction of sp³-hybridized carbons (Fsp3) is 0.600. The second kappa shape index (κ2) is 9.03. The van der Waals surface area contributed by atoms with Crippen molar-refractivity contribution in [1.29, 1.82) is 0 Å². The van der Waals surface area contributed by atoms with Crippen LogP contribution in [0.3, 0.4) is 0 Å². The standard InChI is InChI=1S/C20H28N2O4/c23-19(21-25)17-7-4-8-18(17)20(24)22-12-9-15(10-13-22)11-14-26-16-5-2-1-3-6-16/h1-3,5-6,15,17-18,25H,4,7-14H2,(H,21,23)/t17-,18-/m1/s1. The number of carbonyl (C=O) groups excluding carboxylic acids is 2. The van der Waals surface area contributed by atoms with Crippen LogP contribution in [0.25, 0.3) is 0 Å². The summed E-state index contributed by atoms with van der Waals surface area (Å²) in [5, 5.41) is 8.87. The summed E-state index contributed by atoms with van der Waals surface area (Å²) in [6, 6.07) is 9.82. The second-order valence-electron chi connectivity index (χ2n) is 7.34. The molecule has 0 aromatic heterocycles. The Hall–Kier alpha value is -2.08. The first-order chi connectivity index (χ1) is 12.7. The molecule has 2 aliphatic rings. The summed E-state index contributed by atoms with van der Waals surface area (Å²) >= 11 is 0. The van der Waals surface area contributed by atoms with Crippen LogP contribution in [-0.2, 0) is 9.59 Å². The molecular weight excluding hydrogens is 332 g/mol. The molecule has 1 saturated carbocycles. The van der Waals surface area contributed by atoms with Crippen LogP contribution in [-0.4, -0.2) is 41.6 Å². The molecule has 26 heavy (non-hydrogen) atoms. The van der Waals surface area contributed by atoms with E-state index in [0.717, 1.165) is 50.9 Å². The van der Waals surface area contributed by atoms with Crippen LogP contribution in [0.5, 0.6) is 5.75 Å². The van der Waals surface area contributed by atoms with E-state index in [9.17, 15) is 9.59 Å². The number of rotatable bonds is 6. The monoisotopic (exact) mass is 360 g/mol. The second-order valence-corrected chi connectivity index (χ2v) is 7.34. The molecule has 6 nitrogen and oxygen atoms in total. The number of nitrogens with zero attached hydrogens (tertiary/aromatic N) is 1. The van der Waals surface area contributed by atoms with Gasteiger partial charge in [0.1, 0.15) is 5.75 Å². The number of para-hydroxylation sites is 1. The zero-order valence-electron chi connectivity index (χ0n) is 15.1. The molecule has 2 fully saturated rings. The van der Waals surface area contributed by atoms with Gasteiger partial charge in [0.25, 0.3) is 0 Å². The van der Waals surface area contributed by atoms with Gasteiger partial charge >= 0.3 is 0 Å². The SMILES string of the molecule is O=C(NO)[C@@H]1CCC[C@H]1C(=O)N1CCC(CCOc2ccccc2)CC1. The van der Waals surface area contributed by atoms with E-state index >= 15 is 0 Å². The molecule has 2 amide bonds. The number of ether oxygens (including phenoxy) is 1. The molecule has 2 atom stereocenters. The highest BCUT2D eigenvalue weighted by Gasteiger charge is 2.40. The number of hydrogen-bond donors (Lipinski definition) is 2. The maximum absolute atomic E-state index is 12.8. The Morgan fingerprint density at radius 3 is 2.46 bits per heavy atom. The third kappa shape index (κ3) is 4.55. The lowest BCUT2D eigenvalue weighted by molar-refractivity contribution is -0.144. The van der Waals surface area contributed by atoms with Gasteiger partial charge in [0.2, 0.25) is 11.8 Å². The average Bonchev–Trinajstić information content (AvgIpc) is 3.18. The molecule has 1 aromatic rings. The molecule has 0 radical (unpaired) electrons. The minimum Gasteiger partial charge on any atom is -0.494 e. The van der Waals surface area contributed by atoms with Gasteiger partial charge in [-0.3, -0.25) is 14.8 Å². The van der Waals surface area contributed by atoms with Crippen molar-refractivity contribution in [2.75, 3.05) is 19.7 Å². The van der Waals surface area contributed by atoms with E-state index in [1.165, 1.54) is 0 Å². The van der Waals surface area contributed by atoms with Crippen molar-refractivity contribution in [3.05, 3.63) is 30.3 Å². The Morgan fingerprint density at radius 2 is 1.77 bits per heavy atom. The van der Waals surface area contributed by atoms with Crippen LogP contribution in [0.4, 0.5) is 0 Å². The first-order valence-corrected chi connectivity index (χ1v) is 9.59. The van der Waals surface area contributed by atoms with E-state index in [1.54, 1.807) is 5.48 Å². The predicted octanol–water partition coefficient (Wildman–Crippen LogP) is 2.62. The van der Waals surface area contributed by atoms with Crippen molar-refractivity contribution in [2.24, 2.45) is 17.8 Å². The minimum absolute atomic E-state index is 0.0788. The van der Waals surface area contributed by atoms with E-state index in [2.05, 4.69) is 0 Å². The summed E-state index contributed by atoms with van der Waals surface area (Å²) < 4.78 is 5.77. The van der Waals surface area contributed by atoms with E-state index in [0.29, 0.717) is 18.9 Å². The highest BCUT2D eigenvalue weighted by atomic mass is 16.5. The molecule has 3 rings (SSSR count). The van der Waals surface area contributed by atoms with Crippen molar-refractivity contribution >= 4 is 11.8 Å². The normalized spacial score (nSPS) is 23.7. The Bertz CT molecular complexity index is 599. The summed E-state index contributed by atoms with van der Waals surface area (Å²) in [5.41, 5.74) is 1.71. The van der Waals surface area contributed by atoms with Crippen molar-refractivity contribution in [1.82, 2.24) is 10.4 Å². The third-order valence-electron chi connectivity index (χ3n) is 5.74. The Kier molecular flexibility index (Phi) is 6.50. The van der Waals surface area contributed by atoms with E-state index in [-0.39, 0.29) is 17.7 Å². The maximum atomic E-state index is 12.8. The number of hydroxylamine groups is 1. The van der Waals surface area contributed by atoms with E-state index in [1.807, 2.05) is 35.2 Å². The van der Waals surface area contributed by atoms with Crippen molar-refractivity contribution in [3.63, 3.8) is 0 Å². The molecule has 1 aliphatic carbocycles. The summed E-state index contributed by atoms with van der Waals surface area (Å²) in [7, 11) is 0. The summed E-state index contributed by atoms with van der Waals surface area (Å²) in [6.45, 7) is 2.20. The third-order valence-corrected chi connectivity index (χ3v) is 5.74. The van der Waals surface area contributed by atoms with Crippen LogP contribution < -0.4 is 10.2 Å². The molecule has 1 saturated heterocycles. The molecular formula is C20H28N2O4. The minimum atomic E-state index is -0.422. The summed E-state index contributed by atoms with van der Waals surface area (Å²) in [5.74, 6) is 0.464. The first kappa shape index (κ1) is 18.7. The van der Waals surface area contributed by atoms with Gasteiger partial charge in [0.15, 0.2) is 0 Å². The highest BCUT2D eigenvalue weighted by molar-refractivity contribution is 5.87. The molecule has 1 aromatic carbocycles. The van der Waals surface area contributed by atoms with Crippen molar-refractivity contribution in [2.45, 2.75) is 38.5 Å². The van der Waals surface area contributed by atoms with Gasteiger partial charge in [-0.15, -0.1) is 0 Å². The van der Waals surface area contributed by atoms with Gasteiger partial charge in [0.05, 0.1) is 12.5 Å². The van der Waals surface area contributed by atoms with Gasteiger partial charge in [-0.2, -0.15) is 0 Å². The lowest BCUT2D eigenvalue weighted by Crippen LogP contribution is -2.45. The van der Waals surface area contributed by atoms with E-state index < -0.39 is 5.91 Å². The Balaban J connectivity index is 1.41. The van der Waals surface area contributed by atoms with Gasteiger partial charge in [-0.1, -0.05) is 24.6 Å². The molecule has 1 heterocycles. The molecule has 1 aliphatic heterocycles. The van der Waals surface area contributed by atoms with Crippen molar-refractivity contribution in [3.8, 4) is 5.75 Å². The summed E-state index contributed by atoms with van der Waals surface area (Å²) in [6.07, 6.45) is 5.23. The zero-order chi connectivity index (χ0) is 18.4. The Labute approximate surface area is 154 Å². The molecule has 2 N–H and O–H groups in total. The van der Waals surface area contributed by atoms with Gasteiger partial charge in [-0.05, 0) is 50.2 Å². The van der Waals surface area contributed by atoms with Crippen LogP contribution in [0, 0.1) is 17.8 Å². The maximum Gasteiger partial charge on any atom is 0.247 e. The number of carbonyl (C=O) groups is 2. The lowest BCUT2D eigenvalue weighted by atomic mass is 9.90. The highest BCUT2D eigenvalue weighted by Crippen LogP contribution is 2.34. The number of likely N-dealkylation sites (tertiary alicyclic amines) is 1. The largest absolute Gasteiger partial charge is 0.494 e. The molecule has 0 bridgehead atoms. The Morgan fingerprint density at radius 1 is 1.08 bits per heavy atom. The smallest absolute Gasteiger partial charge is 0.247 e. The van der Waals surface area contributed by atoms with Crippen LogP contribution in [0.2, 0.25) is 0 Å². The van der Waals surface area contributed by atoms with Crippen molar-refractivity contribution < 1.29 is 19.5 Å². The fourth-order valence-corrected chi connectivity index (χ4v) is 4.19. The zero-order valence-corrected chi connectivity index (χ0v) is 15.1. The van der Waals surface area contributed by atoms with Crippen LogP contribution in [0.1, 0.15) is 38.5 Å². The van der Waals surface area contributed by atoms with Crippen LogP contribution >= 0.6 is 0 Å². The summed E-state index contributed by atoms with van der Waals surface area (Å²) in [4.78, 5) is 26.4. The number of amides is 2. The molecule has 6 heteroatoms. The first-order valence-electron chi connectivity index (χ1n) is 9.59. The number of nitrogens with one attached hydrogen (secondary N) is 1. The van der Waals surface area contributed by atoms with Gasteiger partial charge in [-0.25, -0.2) is 5.48 Å².